The predicted molar refractivity (Wildman–Crippen MR) is 141 cm³/mol. The van der Waals surface area contributed by atoms with Crippen LogP contribution in [0.3, 0.4) is 0 Å². The van der Waals surface area contributed by atoms with E-state index in [2.05, 4.69) is 36.8 Å². The summed E-state index contributed by atoms with van der Waals surface area (Å²) in [4.78, 5) is 11.4. The van der Waals surface area contributed by atoms with Crippen molar-refractivity contribution >= 4 is 23.1 Å². The van der Waals surface area contributed by atoms with E-state index in [0.29, 0.717) is 43.3 Å². The van der Waals surface area contributed by atoms with Crippen molar-refractivity contribution in [2.24, 2.45) is 4.99 Å². The molecule has 4 aromatic rings. The van der Waals surface area contributed by atoms with E-state index in [0.717, 1.165) is 22.5 Å². The van der Waals surface area contributed by atoms with Gasteiger partial charge < -0.3 is 29.8 Å². The molecule has 2 unspecified atom stereocenters. The molecule has 2 atom stereocenters. The number of rotatable bonds is 5. The fraction of sp³-hybridized carbons (Fsp3) is 0.222. The summed E-state index contributed by atoms with van der Waals surface area (Å²) in [7, 11) is 0. The van der Waals surface area contributed by atoms with Crippen molar-refractivity contribution in [3.05, 3.63) is 83.6 Å². The zero-order valence-electron chi connectivity index (χ0n) is 20.3. The lowest BCUT2D eigenvalue weighted by molar-refractivity contribution is 0.122. The molecule has 4 heterocycles. The molecule has 0 spiro atoms. The molecule has 38 heavy (non-hydrogen) atoms. The van der Waals surface area contributed by atoms with Crippen molar-refractivity contribution in [3.8, 4) is 17.7 Å². The minimum absolute atomic E-state index is 0.0760. The highest BCUT2D eigenvalue weighted by Crippen LogP contribution is 2.31. The first-order valence-electron chi connectivity index (χ1n) is 12.2. The van der Waals surface area contributed by atoms with Gasteiger partial charge in [0.25, 0.3) is 5.89 Å². The van der Waals surface area contributed by atoms with Gasteiger partial charge in [-0.1, -0.05) is 53.6 Å². The number of fused-ring (bicyclic) bond motifs is 1. The molecule has 1 fully saturated rings. The van der Waals surface area contributed by atoms with Crippen LogP contribution in [-0.2, 0) is 4.74 Å². The Hall–Kier alpha value is -4.79. The van der Waals surface area contributed by atoms with Gasteiger partial charge in [-0.05, 0) is 12.1 Å². The van der Waals surface area contributed by atoms with Gasteiger partial charge in [-0.25, -0.2) is 4.98 Å². The first-order valence-corrected chi connectivity index (χ1v) is 12.2. The van der Waals surface area contributed by atoms with Crippen molar-refractivity contribution < 1.29 is 14.3 Å². The summed E-state index contributed by atoms with van der Waals surface area (Å²) in [5, 5.41) is 34.9. The van der Waals surface area contributed by atoms with E-state index in [1.807, 2.05) is 54.6 Å². The van der Waals surface area contributed by atoms with Crippen LogP contribution < -0.4 is 15.5 Å². The van der Waals surface area contributed by atoms with E-state index < -0.39 is 12.4 Å². The minimum atomic E-state index is -1.08. The minimum Gasteiger partial charge on any atom is -0.402 e. The number of ether oxygens (including phenoxy) is 1. The highest BCUT2D eigenvalue weighted by atomic mass is 16.5. The number of nitrogens with one attached hydrogen (secondary N) is 2. The number of aliphatic hydroxyl groups excluding tert-OH is 1. The Morgan fingerprint density at radius 1 is 1.05 bits per heavy atom. The smallest absolute Gasteiger partial charge is 0.317 e. The van der Waals surface area contributed by atoms with Crippen LogP contribution in [0.4, 0.5) is 17.4 Å². The van der Waals surface area contributed by atoms with Crippen molar-refractivity contribution in [1.29, 1.82) is 5.26 Å². The molecule has 2 aliphatic rings. The Labute approximate surface area is 218 Å². The maximum absolute atomic E-state index is 11.0. The second-order valence-corrected chi connectivity index (χ2v) is 8.78. The second-order valence-electron chi connectivity index (χ2n) is 8.78. The van der Waals surface area contributed by atoms with E-state index in [1.165, 1.54) is 6.20 Å². The average Bonchev–Trinajstić information content (AvgIpc) is 3.39. The molecule has 1 saturated heterocycles. The van der Waals surface area contributed by atoms with Crippen LogP contribution in [0, 0.1) is 11.3 Å². The number of pyridine rings is 1. The first kappa shape index (κ1) is 23.6. The molecule has 0 radical (unpaired) electrons. The number of aliphatic imine (C=N–C) groups is 1. The Balaban J connectivity index is 1.33. The number of morpholine rings is 1. The highest BCUT2D eigenvalue weighted by molar-refractivity contribution is 6.16. The van der Waals surface area contributed by atoms with Gasteiger partial charge in [-0.2, -0.15) is 5.26 Å². The maximum Gasteiger partial charge on any atom is 0.317 e. The predicted octanol–water partition coefficient (Wildman–Crippen LogP) is 2.86. The molecule has 0 bridgehead atoms. The van der Waals surface area contributed by atoms with E-state index >= 15 is 0 Å². The van der Waals surface area contributed by atoms with Gasteiger partial charge in [0.05, 0.1) is 30.2 Å². The largest absolute Gasteiger partial charge is 0.402 e. The molecule has 0 amide bonds. The number of anilines is 3. The SMILES string of the molecule is N#Cc1cnc(-c2nnc(NC3N=C(c4ccccc4)c4ccccc4NC3O)o2)c(N2CCOCC2)c1. The molecule has 3 N–H and O–H groups in total. The summed E-state index contributed by atoms with van der Waals surface area (Å²) < 4.78 is 11.4. The maximum atomic E-state index is 11.0. The summed E-state index contributed by atoms with van der Waals surface area (Å²) >= 11 is 0. The molecular formula is C27H24N8O3. The number of para-hydroxylation sites is 1. The molecule has 190 valence electrons. The summed E-state index contributed by atoms with van der Waals surface area (Å²) in [6.45, 7) is 2.45. The number of benzene rings is 2. The van der Waals surface area contributed by atoms with Gasteiger partial charge in [0.2, 0.25) is 0 Å². The molecule has 0 saturated carbocycles. The Morgan fingerprint density at radius 2 is 1.84 bits per heavy atom. The number of nitrogens with zero attached hydrogens (tertiary/aromatic N) is 6. The topological polar surface area (TPSA) is 145 Å². The van der Waals surface area contributed by atoms with E-state index in [1.54, 1.807) is 6.07 Å². The molecule has 6 rings (SSSR count). The third-order valence-corrected chi connectivity index (χ3v) is 6.35. The summed E-state index contributed by atoms with van der Waals surface area (Å²) in [5.41, 5.74) is 4.87. The molecule has 11 nitrogen and oxygen atoms in total. The number of hydrogen-bond donors (Lipinski definition) is 3. The Bertz CT molecular complexity index is 1510. The monoisotopic (exact) mass is 508 g/mol. The third kappa shape index (κ3) is 4.66. The van der Waals surface area contributed by atoms with E-state index in [-0.39, 0.29) is 11.9 Å². The molecule has 2 aromatic carbocycles. The fourth-order valence-electron chi connectivity index (χ4n) is 4.50. The van der Waals surface area contributed by atoms with Crippen LogP contribution in [0.25, 0.3) is 11.6 Å². The molecule has 11 heteroatoms. The third-order valence-electron chi connectivity index (χ3n) is 6.35. The summed E-state index contributed by atoms with van der Waals surface area (Å²) in [6.07, 6.45) is -0.438. The molecular weight excluding hydrogens is 484 g/mol. The average molecular weight is 509 g/mol. The van der Waals surface area contributed by atoms with Gasteiger partial charge in [0, 0.05) is 36.1 Å². The first-order chi connectivity index (χ1) is 18.7. The van der Waals surface area contributed by atoms with Gasteiger partial charge >= 0.3 is 6.01 Å². The van der Waals surface area contributed by atoms with Crippen LogP contribution in [-0.4, -0.2) is 64.7 Å². The zero-order chi connectivity index (χ0) is 25.9. The van der Waals surface area contributed by atoms with Crippen LogP contribution in [0.5, 0.6) is 0 Å². The number of hydrogen-bond acceptors (Lipinski definition) is 11. The lowest BCUT2D eigenvalue weighted by Crippen LogP contribution is -2.37. The molecule has 2 aromatic heterocycles. The number of nitriles is 1. The van der Waals surface area contributed by atoms with Crippen molar-refractivity contribution in [2.75, 3.05) is 41.8 Å². The number of benzodiazepines with no additional fused rings is 1. The van der Waals surface area contributed by atoms with Crippen molar-refractivity contribution in [3.63, 3.8) is 0 Å². The van der Waals surface area contributed by atoms with Gasteiger partial charge in [-0.15, -0.1) is 5.10 Å². The van der Waals surface area contributed by atoms with E-state index in [4.69, 9.17) is 14.1 Å². The van der Waals surface area contributed by atoms with E-state index in [9.17, 15) is 10.4 Å². The summed E-state index contributed by atoms with van der Waals surface area (Å²) in [5.74, 6) is 0.185. The lowest BCUT2D eigenvalue weighted by Gasteiger charge is -2.29. The standard InChI is InChI=1S/C27H24N8O3/c28-15-17-14-21(35-10-12-37-13-11-35)23(29-16-17)26-33-34-27(38-26)32-24-25(36)30-20-9-5-4-8-19(20)22(31-24)18-6-2-1-3-7-18/h1-9,14,16,24-25,30,36H,10-13H2,(H,32,34). The quantitative estimate of drug-likeness (QED) is 0.368. The van der Waals surface area contributed by atoms with Crippen molar-refractivity contribution in [1.82, 2.24) is 15.2 Å². The molecule has 2 aliphatic heterocycles. The normalized spacial score (nSPS) is 18.9. The molecule has 0 aliphatic carbocycles. The Kier molecular flexibility index (Phi) is 6.39. The van der Waals surface area contributed by atoms with Gasteiger partial charge in [0.1, 0.15) is 6.07 Å². The second kappa shape index (κ2) is 10.3. The van der Waals surface area contributed by atoms with Crippen LogP contribution >= 0.6 is 0 Å². The Morgan fingerprint density at radius 3 is 2.66 bits per heavy atom. The zero-order valence-corrected chi connectivity index (χ0v) is 20.3. The van der Waals surface area contributed by atoms with Crippen LogP contribution in [0.15, 0.2) is 76.3 Å². The number of aromatic nitrogens is 3. The van der Waals surface area contributed by atoms with Crippen molar-refractivity contribution in [2.45, 2.75) is 12.4 Å². The summed E-state index contributed by atoms with van der Waals surface area (Å²) in [6, 6.07) is 21.4. The highest BCUT2D eigenvalue weighted by Gasteiger charge is 2.28. The number of aliphatic hydroxyl groups is 1. The lowest BCUT2D eigenvalue weighted by atomic mass is 10.0. The van der Waals surface area contributed by atoms with Gasteiger partial charge in [-0.3, -0.25) is 4.99 Å². The van der Waals surface area contributed by atoms with Crippen LogP contribution in [0.2, 0.25) is 0 Å². The fourth-order valence-corrected chi connectivity index (χ4v) is 4.50. The van der Waals surface area contributed by atoms with Gasteiger partial charge in [0.15, 0.2) is 18.1 Å². The van der Waals surface area contributed by atoms with Crippen LogP contribution in [0.1, 0.15) is 16.7 Å².